The molecule has 0 saturated carbocycles. The molecule has 2 aromatic rings. The minimum absolute atomic E-state index is 0.0694. The minimum atomic E-state index is -0.0694. The molecule has 0 unspecified atom stereocenters. The van der Waals surface area contributed by atoms with Crippen molar-refractivity contribution in [2.75, 3.05) is 26.2 Å². The quantitative estimate of drug-likeness (QED) is 0.850. The molecule has 6 heteroatoms. The molecular formula is C19H26N4O2. The van der Waals surface area contributed by atoms with Crippen molar-refractivity contribution in [2.24, 2.45) is 0 Å². The summed E-state index contributed by atoms with van der Waals surface area (Å²) in [5.41, 5.74) is 2.65. The first-order valence-corrected chi connectivity index (χ1v) is 9.02. The lowest BCUT2D eigenvalue weighted by atomic mass is 10.00. The number of benzene rings is 1. The van der Waals surface area contributed by atoms with Crippen LogP contribution in [-0.2, 0) is 19.5 Å². The third-order valence-corrected chi connectivity index (χ3v) is 4.93. The zero-order chi connectivity index (χ0) is 17.4. The van der Waals surface area contributed by atoms with Crippen LogP contribution in [0, 0.1) is 6.92 Å². The van der Waals surface area contributed by atoms with E-state index in [2.05, 4.69) is 52.0 Å². The largest absolute Gasteiger partial charge is 0.487 e. The Balaban J connectivity index is 1.30. The lowest BCUT2D eigenvalue weighted by Crippen LogP contribution is -2.45. The Labute approximate surface area is 148 Å². The summed E-state index contributed by atoms with van der Waals surface area (Å²) in [7, 11) is 0. The summed E-state index contributed by atoms with van der Waals surface area (Å²) < 4.78 is 11.0. The molecule has 0 radical (unpaired) electrons. The normalized spacial score (nSPS) is 20.4. The number of hydrogen-bond donors (Lipinski definition) is 0. The molecule has 0 atom stereocenters. The third-order valence-electron chi connectivity index (χ3n) is 4.93. The first-order chi connectivity index (χ1) is 12.0. The van der Waals surface area contributed by atoms with Crippen molar-refractivity contribution in [3.63, 3.8) is 0 Å². The van der Waals surface area contributed by atoms with Crippen LogP contribution in [-0.4, -0.2) is 51.7 Å². The van der Waals surface area contributed by atoms with Gasteiger partial charge in [-0.3, -0.25) is 9.80 Å². The van der Waals surface area contributed by atoms with Gasteiger partial charge in [0.15, 0.2) is 5.82 Å². The van der Waals surface area contributed by atoms with Gasteiger partial charge in [-0.2, -0.15) is 4.98 Å². The molecule has 6 nitrogen and oxygen atoms in total. The fraction of sp³-hybridized carbons (Fsp3) is 0.579. The molecule has 2 aliphatic rings. The van der Waals surface area contributed by atoms with Crippen LogP contribution in [0.3, 0.4) is 0 Å². The second kappa shape index (κ2) is 6.42. The summed E-state index contributed by atoms with van der Waals surface area (Å²) in [5.74, 6) is 2.47. The SMILES string of the molecule is Cc1nc(CN2CCN(Cc3ccc4c(c3)CC(C)(C)O4)CC2)no1. The molecule has 0 N–H and O–H groups in total. The van der Waals surface area contributed by atoms with Crippen LogP contribution < -0.4 is 4.74 Å². The van der Waals surface area contributed by atoms with Gasteiger partial charge >= 0.3 is 0 Å². The van der Waals surface area contributed by atoms with Gasteiger partial charge < -0.3 is 9.26 Å². The van der Waals surface area contributed by atoms with Crippen molar-refractivity contribution in [2.45, 2.75) is 45.9 Å². The van der Waals surface area contributed by atoms with Gasteiger partial charge in [0, 0.05) is 46.1 Å². The van der Waals surface area contributed by atoms with Gasteiger partial charge in [-0.05, 0) is 31.0 Å². The van der Waals surface area contributed by atoms with Gasteiger partial charge in [-0.25, -0.2) is 0 Å². The van der Waals surface area contributed by atoms with Crippen molar-refractivity contribution >= 4 is 0 Å². The summed E-state index contributed by atoms with van der Waals surface area (Å²) in [6, 6.07) is 6.65. The lowest BCUT2D eigenvalue weighted by Gasteiger charge is -2.34. The van der Waals surface area contributed by atoms with Crippen LogP contribution in [0.15, 0.2) is 22.7 Å². The van der Waals surface area contributed by atoms with E-state index in [1.54, 1.807) is 0 Å². The minimum Gasteiger partial charge on any atom is -0.487 e. The molecule has 1 fully saturated rings. The number of hydrogen-bond acceptors (Lipinski definition) is 6. The van der Waals surface area contributed by atoms with E-state index < -0.39 is 0 Å². The molecular weight excluding hydrogens is 316 g/mol. The second-order valence-corrected chi connectivity index (χ2v) is 7.76. The Morgan fingerprint density at radius 1 is 1.08 bits per heavy atom. The van der Waals surface area contributed by atoms with E-state index in [-0.39, 0.29) is 5.60 Å². The van der Waals surface area contributed by atoms with Crippen LogP contribution in [0.4, 0.5) is 0 Å². The van der Waals surface area contributed by atoms with Crippen LogP contribution in [0.5, 0.6) is 5.75 Å². The number of aryl methyl sites for hydroxylation is 1. The smallest absolute Gasteiger partial charge is 0.223 e. The molecule has 25 heavy (non-hydrogen) atoms. The molecule has 1 aromatic heterocycles. The molecule has 1 saturated heterocycles. The number of rotatable bonds is 4. The van der Waals surface area contributed by atoms with E-state index in [0.29, 0.717) is 5.89 Å². The monoisotopic (exact) mass is 342 g/mol. The van der Waals surface area contributed by atoms with E-state index in [1.165, 1.54) is 11.1 Å². The molecule has 0 bridgehead atoms. The highest BCUT2D eigenvalue weighted by Gasteiger charge is 2.30. The maximum Gasteiger partial charge on any atom is 0.223 e. The van der Waals surface area contributed by atoms with E-state index >= 15 is 0 Å². The summed E-state index contributed by atoms with van der Waals surface area (Å²) in [6.45, 7) is 12.1. The zero-order valence-corrected chi connectivity index (χ0v) is 15.3. The highest BCUT2D eigenvalue weighted by molar-refractivity contribution is 5.41. The summed E-state index contributed by atoms with van der Waals surface area (Å²) >= 11 is 0. The van der Waals surface area contributed by atoms with E-state index in [9.17, 15) is 0 Å². The predicted molar refractivity (Wildman–Crippen MR) is 94.4 cm³/mol. The number of aromatic nitrogens is 2. The summed E-state index contributed by atoms with van der Waals surface area (Å²) in [5, 5.41) is 3.99. The number of nitrogens with zero attached hydrogens (tertiary/aromatic N) is 4. The fourth-order valence-electron chi connectivity index (χ4n) is 3.73. The van der Waals surface area contributed by atoms with Gasteiger partial charge in [-0.15, -0.1) is 0 Å². The van der Waals surface area contributed by atoms with Crippen LogP contribution in [0.1, 0.15) is 36.7 Å². The average Bonchev–Trinajstić information content (AvgIpc) is 3.10. The lowest BCUT2D eigenvalue weighted by molar-refractivity contribution is 0.119. The van der Waals surface area contributed by atoms with Gasteiger partial charge in [0.25, 0.3) is 0 Å². The average molecular weight is 342 g/mol. The van der Waals surface area contributed by atoms with Crippen molar-refractivity contribution in [3.05, 3.63) is 41.0 Å². The maximum atomic E-state index is 5.97. The standard InChI is InChI=1S/C19H26N4O2/c1-14-20-18(21-25-14)13-23-8-6-22(7-9-23)12-15-4-5-17-16(10-15)11-19(2,3)24-17/h4-5,10H,6-9,11-13H2,1-3H3. The fourth-order valence-corrected chi connectivity index (χ4v) is 3.73. The van der Waals surface area contributed by atoms with Crippen molar-refractivity contribution in [1.82, 2.24) is 19.9 Å². The predicted octanol–water partition coefficient (Wildman–Crippen LogP) is 2.41. The third kappa shape index (κ3) is 3.85. The van der Waals surface area contributed by atoms with Crippen molar-refractivity contribution in [1.29, 1.82) is 0 Å². The molecule has 0 amide bonds. The van der Waals surface area contributed by atoms with Gasteiger partial charge in [0.2, 0.25) is 5.89 Å². The Morgan fingerprint density at radius 3 is 2.48 bits per heavy atom. The number of fused-ring (bicyclic) bond motifs is 1. The van der Waals surface area contributed by atoms with Gasteiger partial charge in [-0.1, -0.05) is 17.3 Å². The second-order valence-electron chi connectivity index (χ2n) is 7.76. The highest BCUT2D eigenvalue weighted by atomic mass is 16.5. The Bertz CT molecular complexity index is 748. The highest BCUT2D eigenvalue weighted by Crippen LogP contribution is 2.35. The molecule has 0 spiro atoms. The number of ether oxygens (including phenoxy) is 1. The van der Waals surface area contributed by atoms with Crippen molar-refractivity contribution < 1.29 is 9.26 Å². The Hall–Kier alpha value is -1.92. The van der Waals surface area contributed by atoms with Crippen LogP contribution >= 0.6 is 0 Å². The van der Waals surface area contributed by atoms with E-state index in [0.717, 1.165) is 57.3 Å². The topological polar surface area (TPSA) is 54.6 Å². The first kappa shape index (κ1) is 16.5. The Morgan fingerprint density at radius 2 is 1.80 bits per heavy atom. The molecule has 134 valence electrons. The summed E-state index contributed by atoms with van der Waals surface area (Å²) in [4.78, 5) is 9.19. The number of piperazine rings is 1. The molecule has 4 rings (SSSR count). The summed E-state index contributed by atoms with van der Waals surface area (Å²) in [6.07, 6.45) is 0.994. The molecule has 0 aliphatic carbocycles. The van der Waals surface area contributed by atoms with E-state index in [4.69, 9.17) is 9.26 Å². The van der Waals surface area contributed by atoms with E-state index in [1.807, 2.05) is 6.92 Å². The molecule has 1 aromatic carbocycles. The van der Waals surface area contributed by atoms with Gasteiger partial charge in [0.1, 0.15) is 11.4 Å². The molecule has 3 heterocycles. The van der Waals surface area contributed by atoms with Crippen LogP contribution in [0.2, 0.25) is 0 Å². The zero-order valence-electron chi connectivity index (χ0n) is 15.3. The van der Waals surface area contributed by atoms with Crippen LogP contribution in [0.25, 0.3) is 0 Å². The van der Waals surface area contributed by atoms with Crippen molar-refractivity contribution in [3.8, 4) is 5.75 Å². The van der Waals surface area contributed by atoms with Gasteiger partial charge in [0.05, 0.1) is 6.54 Å². The Kier molecular flexibility index (Phi) is 4.25. The first-order valence-electron chi connectivity index (χ1n) is 9.02. The maximum absolute atomic E-state index is 5.97. The molecule has 2 aliphatic heterocycles.